The van der Waals surface area contributed by atoms with E-state index in [0.717, 1.165) is 5.69 Å². The average Bonchev–Trinajstić information content (AvgIpc) is 2.88. The summed E-state index contributed by atoms with van der Waals surface area (Å²) in [7, 11) is 2.92. The summed E-state index contributed by atoms with van der Waals surface area (Å²) in [6, 6.07) is 16.8. The normalized spacial score (nSPS) is 13.5. The van der Waals surface area contributed by atoms with Crippen molar-refractivity contribution in [2.75, 3.05) is 55.0 Å². The van der Waals surface area contributed by atoms with Gasteiger partial charge in [0, 0.05) is 38.9 Å². The van der Waals surface area contributed by atoms with Crippen LogP contribution in [0.15, 0.2) is 60.9 Å². The molecule has 1 saturated heterocycles. The lowest BCUT2D eigenvalue weighted by Gasteiger charge is -2.36. The fourth-order valence-corrected chi connectivity index (χ4v) is 3.98. The van der Waals surface area contributed by atoms with Crippen molar-refractivity contribution in [1.82, 2.24) is 9.97 Å². The molecule has 2 aromatic carbocycles. The first-order valence-electron chi connectivity index (χ1n) is 10.5. The number of ether oxygens (including phenoxy) is 1. The number of aromatic nitrogens is 2. The minimum Gasteiger partial charge on any atom is -0.465 e. The molecule has 0 radical (unpaired) electrons. The number of carbonyl (C=O) groups is 1. The zero-order valence-corrected chi connectivity index (χ0v) is 18.4. The van der Waals surface area contributed by atoms with Crippen molar-refractivity contribution in [3.05, 3.63) is 76.6 Å². The number of nitrogens with zero attached hydrogens (tertiary/aromatic N) is 6. The predicted octanol–water partition coefficient (Wildman–Crippen LogP) is 3.27. The Kier molecular flexibility index (Phi) is 6.34. The summed E-state index contributed by atoms with van der Waals surface area (Å²) in [6.45, 7) is 2.58. The minimum atomic E-state index is -0.536. The molecule has 3 aromatic rings. The Bertz CT molecular complexity index is 1150. The van der Waals surface area contributed by atoms with Crippen LogP contribution in [-0.2, 0) is 4.74 Å². The lowest BCUT2D eigenvalue weighted by Crippen LogP contribution is -2.47. The minimum absolute atomic E-state index is 0.104. The number of piperazine rings is 1. The van der Waals surface area contributed by atoms with Crippen molar-refractivity contribution in [2.45, 2.75) is 0 Å². The number of para-hydroxylation sites is 2. The second-order valence-electron chi connectivity index (χ2n) is 7.50. The molecular formula is C23H24N6O4. The third kappa shape index (κ3) is 4.40. The Morgan fingerprint density at radius 2 is 1.64 bits per heavy atom. The number of nitro groups is 1. The van der Waals surface area contributed by atoms with Crippen LogP contribution in [0.1, 0.15) is 10.4 Å². The summed E-state index contributed by atoms with van der Waals surface area (Å²) in [4.78, 5) is 38.0. The monoisotopic (exact) mass is 448 g/mol. The van der Waals surface area contributed by atoms with Crippen LogP contribution in [0.5, 0.6) is 0 Å². The van der Waals surface area contributed by atoms with Gasteiger partial charge in [-0.2, -0.15) is 0 Å². The van der Waals surface area contributed by atoms with Gasteiger partial charge in [-0.15, -0.1) is 0 Å². The second-order valence-corrected chi connectivity index (χ2v) is 7.50. The van der Waals surface area contributed by atoms with Crippen LogP contribution in [-0.4, -0.2) is 61.2 Å². The molecule has 10 heteroatoms. The van der Waals surface area contributed by atoms with Crippen molar-refractivity contribution >= 4 is 34.7 Å². The number of benzene rings is 2. The van der Waals surface area contributed by atoms with Gasteiger partial charge in [0.05, 0.1) is 23.3 Å². The van der Waals surface area contributed by atoms with Crippen LogP contribution >= 0.6 is 0 Å². The van der Waals surface area contributed by atoms with Gasteiger partial charge in [-0.05, 0) is 24.3 Å². The molecule has 1 aliphatic heterocycles. The smallest absolute Gasteiger partial charge is 0.353 e. The van der Waals surface area contributed by atoms with Crippen LogP contribution in [0.3, 0.4) is 0 Å². The van der Waals surface area contributed by atoms with Crippen molar-refractivity contribution in [3.63, 3.8) is 0 Å². The Morgan fingerprint density at radius 1 is 1.00 bits per heavy atom. The maximum atomic E-state index is 12.2. The van der Waals surface area contributed by atoms with Gasteiger partial charge in [-0.25, -0.2) is 14.8 Å². The quantitative estimate of drug-likeness (QED) is 0.319. The molecule has 1 aliphatic rings. The van der Waals surface area contributed by atoms with Gasteiger partial charge in [0.2, 0.25) is 11.6 Å². The zero-order valence-electron chi connectivity index (χ0n) is 18.4. The molecule has 170 valence electrons. The highest BCUT2D eigenvalue weighted by atomic mass is 16.6. The SMILES string of the molecule is COC(=O)c1ccccc1N(C)c1ncnc(N2CCN(c3ccccc3)CC2)c1[N+](=O)[O-]. The highest BCUT2D eigenvalue weighted by molar-refractivity contribution is 5.97. The highest BCUT2D eigenvalue weighted by Gasteiger charge is 2.32. The molecule has 0 unspecified atom stereocenters. The fourth-order valence-electron chi connectivity index (χ4n) is 3.98. The summed E-state index contributed by atoms with van der Waals surface area (Å²) >= 11 is 0. The summed E-state index contributed by atoms with van der Waals surface area (Å²) < 4.78 is 4.86. The largest absolute Gasteiger partial charge is 0.465 e. The van der Waals surface area contributed by atoms with E-state index in [4.69, 9.17) is 4.74 Å². The van der Waals surface area contributed by atoms with Crippen LogP contribution < -0.4 is 14.7 Å². The summed E-state index contributed by atoms with van der Waals surface area (Å²) in [5.74, 6) is -0.168. The van der Waals surface area contributed by atoms with E-state index in [0.29, 0.717) is 31.9 Å². The molecule has 2 heterocycles. The molecule has 0 atom stereocenters. The van der Waals surface area contributed by atoms with Crippen LogP contribution in [0.4, 0.5) is 28.7 Å². The topological polar surface area (TPSA) is 105 Å². The van der Waals surface area contributed by atoms with E-state index < -0.39 is 10.9 Å². The van der Waals surface area contributed by atoms with E-state index >= 15 is 0 Å². The van der Waals surface area contributed by atoms with Gasteiger partial charge >= 0.3 is 11.7 Å². The zero-order chi connectivity index (χ0) is 23.4. The van der Waals surface area contributed by atoms with Crippen LogP contribution in [0.25, 0.3) is 0 Å². The molecule has 1 aromatic heterocycles. The Morgan fingerprint density at radius 3 is 2.30 bits per heavy atom. The summed E-state index contributed by atoms with van der Waals surface area (Å²) in [5.41, 5.74) is 1.65. The van der Waals surface area contributed by atoms with Crippen molar-refractivity contribution < 1.29 is 14.5 Å². The van der Waals surface area contributed by atoms with E-state index in [9.17, 15) is 14.9 Å². The fraction of sp³-hybridized carbons (Fsp3) is 0.261. The molecule has 1 fully saturated rings. The highest BCUT2D eigenvalue weighted by Crippen LogP contribution is 2.38. The van der Waals surface area contributed by atoms with Gasteiger partial charge in [0.1, 0.15) is 6.33 Å². The lowest BCUT2D eigenvalue weighted by molar-refractivity contribution is -0.383. The number of hydrogen-bond donors (Lipinski definition) is 0. The molecule has 0 aliphatic carbocycles. The van der Waals surface area contributed by atoms with E-state index in [1.807, 2.05) is 23.1 Å². The standard InChI is InChI=1S/C23H24N6O4/c1-26(19-11-7-6-10-18(19)23(30)33-2)21-20(29(31)32)22(25-16-24-21)28-14-12-27(13-15-28)17-8-4-3-5-9-17/h3-11,16H,12-15H2,1-2H3. The maximum Gasteiger partial charge on any atom is 0.353 e. The third-order valence-corrected chi connectivity index (χ3v) is 5.66. The van der Waals surface area contributed by atoms with E-state index in [1.165, 1.54) is 18.3 Å². The van der Waals surface area contributed by atoms with Crippen LogP contribution in [0, 0.1) is 10.1 Å². The molecule has 0 spiro atoms. The Labute approximate surface area is 191 Å². The molecule has 33 heavy (non-hydrogen) atoms. The predicted molar refractivity (Wildman–Crippen MR) is 125 cm³/mol. The van der Waals surface area contributed by atoms with E-state index in [2.05, 4.69) is 27.0 Å². The lowest BCUT2D eigenvalue weighted by atomic mass is 10.1. The Balaban J connectivity index is 1.65. The summed E-state index contributed by atoms with van der Waals surface area (Å²) in [5, 5.41) is 12.2. The third-order valence-electron chi connectivity index (χ3n) is 5.66. The molecule has 10 nitrogen and oxygen atoms in total. The van der Waals surface area contributed by atoms with Gasteiger partial charge in [-0.1, -0.05) is 30.3 Å². The molecular weight excluding hydrogens is 424 g/mol. The molecule has 0 bridgehead atoms. The number of rotatable bonds is 6. The molecule has 4 rings (SSSR count). The first kappa shape index (κ1) is 22.0. The van der Waals surface area contributed by atoms with Gasteiger partial charge in [0.15, 0.2) is 0 Å². The van der Waals surface area contributed by atoms with Crippen LogP contribution in [0.2, 0.25) is 0 Å². The molecule has 0 saturated carbocycles. The maximum absolute atomic E-state index is 12.2. The van der Waals surface area contributed by atoms with Crippen molar-refractivity contribution in [1.29, 1.82) is 0 Å². The van der Waals surface area contributed by atoms with Gasteiger partial charge in [0.25, 0.3) is 0 Å². The van der Waals surface area contributed by atoms with E-state index in [1.54, 1.807) is 31.3 Å². The van der Waals surface area contributed by atoms with Crippen molar-refractivity contribution in [2.24, 2.45) is 0 Å². The first-order valence-corrected chi connectivity index (χ1v) is 10.5. The Hall–Kier alpha value is -4.21. The number of hydrogen-bond acceptors (Lipinski definition) is 9. The van der Waals surface area contributed by atoms with Gasteiger partial charge in [-0.3, -0.25) is 10.1 Å². The first-order chi connectivity index (χ1) is 16.0. The van der Waals surface area contributed by atoms with Gasteiger partial charge < -0.3 is 19.4 Å². The summed E-state index contributed by atoms with van der Waals surface area (Å²) in [6.07, 6.45) is 1.32. The van der Waals surface area contributed by atoms with E-state index in [-0.39, 0.29) is 22.9 Å². The number of methoxy groups -OCH3 is 1. The number of esters is 1. The number of carbonyl (C=O) groups excluding carboxylic acids is 1. The average molecular weight is 448 g/mol. The molecule has 0 N–H and O–H groups in total. The number of anilines is 4. The molecule has 0 amide bonds. The second kappa shape index (κ2) is 9.51. The van der Waals surface area contributed by atoms with Crippen molar-refractivity contribution in [3.8, 4) is 0 Å².